The van der Waals surface area contributed by atoms with Crippen molar-refractivity contribution in [2.45, 2.75) is 26.4 Å². The average molecular weight is 296 g/mol. The number of aromatic nitrogens is 2. The predicted molar refractivity (Wildman–Crippen MR) is 63.8 cm³/mol. The summed E-state index contributed by atoms with van der Waals surface area (Å²) in [6.45, 7) is 4.17. The molecule has 1 N–H and O–H groups in total. The molecule has 0 aliphatic rings. The minimum Gasteiger partial charge on any atom is -0.352 e. The van der Waals surface area contributed by atoms with E-state index < -0.39 is 28.6 Å². The fourth-order valence-electron chi connectivity index (χ4n) is 1.31. The van der Waals surface area contributed by atoms with Gasteiger partial charge in [0.05, 0.1) is 5.56 Å². The molecule has 106 valence electrons. The predicted octanol–water partition coefficient (Wildman–Crippen LogP) is 2.92. The zero-order valence-electron chi connectivity index (χ0n) is 10.4. The molecule has 1 aromatic heterocycles. The van der Waals surface area contributed by atoms with Gasteiger partial charge in [0.15, 0.2) is 5.69 Å². The van der Waals surface area contributed by atoms with Gasteiger partial charge >= 0.3 is 6.18 Å². The van der Waals surface area contributed by atoms with Crippen LogP contribution in [0, 0.1) is 5.92 Å². The summed E-state index contributed by atoms with van der Waals surface area (Å²) in [7, 11) is 0. The summed E-state index contributed by atoms with van der Waals surface area (Å²) < 4.78 is 38.1. The van der Waals surface area contributed by atoms with Crippen LogP contribution in [0.25, 0.3) is 0 Å². The lowest BCUT2D eigenvalue weighted by Crippen LogP contribution is -2.28. The number of nitrogens with zero attached hydrogens (tertiary/aromatic N) is 2. The Bertz CT molecular complexity index is 463. The summed E-state index contributed by atoms with van der Waals surface area (Å²) in [5.41, 5.74) is -1.95. The van der Waals surface area contributed by atoms with Crippen molar-refractivity contribution in [3.8, 4) is 0 Å². The Morgan fingerprint density at radius 1 is 1.47 bits per heavy atom. The Morgan fingerprint density at radius 3 is 2.63 bits per heavy atom. The molecule has 0 saturated carbocycles. The van der Waals surface area contributed by atoms with E-state index in [9.17, 15) is 18.0 Å². The Hall–Kier alpha value is -1.37. The van der Waals surface area contributed by atoms with E-state index in [1.54, 1.807) is 0 Å². The third kappa shape index (κ3) is 4.66. The molecule has 8 heteroatoms. The van der Waals surface area contributed by atoms with Gasteiger partial charge in [-0.05, 0) is 23.9 Å². The van der Waals surface area contributed by atoms with Gasteiger partial charge in [-0.15, -0.1) is 0 Å². The van der Waals surface area contributed by atoms with E-state index in [0.717, 1.165) is 6.20 Å². The van der Waals surface area contributed by atoms with Crippen LogP contribution in [0.2, 0.25) is 5.28 Å². The molecule has 4 nitrogen and oxygen atoms in total. The quantitative estimate of drug-likeness (QED) is 0.869. The molecule has 0 aliphatic heterocycles. The van der Waals surface area contributed by atoms with Crippen LogP contribution in [0.5, 0.6) is 0 Å². The van der Waals surface area contributed by atoms with Gasteiger partial charge in [0, 0.05) is 12.7 Å². The highest BCUT2D eigenvalue weighted by molar-refractivity contribution is 6.28. The van der Waals surface area contributed by atoms with E-state index >= 15 is 0 Å². The highest BCUT2D eigenvalue weighted by Crippen LogP contribution is 2.30. The van der Waals surface area contributed by atoms with Gasteiger partial charge in [-0.25, -0.2) is 9.97 Å². The van der Waals surface area contributed by atoms with Crippen molar-refractivity contribution in [1.29, 1.82) is 0 Å². The van der Waals surface area contributed by atoms with Crippen LogP contribution in [0.1, 0.15) is 36.3 Å². The van der Waals surface area contributed by atoms with Crippen LogP contribution in [0.4, 0.5) is 13.2 Å². The van der Waals surface area contributed by atoms with Crippen LogP contribution in [-0.4, -0.2) is 22.4 Å². The second kappa shape index (κ2) is 6.18. The first-order chi connectivity index (χ1) is 8.71. The third-order valence-corrected chi connectivity index (χ3v) is 2.46. The Morgan fingerprint density at radius 2 is 2.11 bits per heavy atom. The lowest BCUT2D eigenvalue weighted by Gasteiger charge is -2.12. The first kappa shape index (κ1) is 15.7. The van der Waals surface area contributed by atoms with Gasteiger partial charge in [0.25, 0.3) is 5.91 Å². The molecular weight excluding hydrogens is 283 g/mol. The fourth-order valence-corrected chi connectivity index (χ4v) is 1.45. The number of halogens is 4. The van der Waals surface area contributed by atoms with Crippen molar-refractivity contribution in [2.75, 3.05) is 6.54 Å². The molecule has 1 aromatic rings. The minimum atomic E-state index is -4.75. The lowest BCUT2D eigenvalue weighted by molar-refractivity contribution is -0.141. The van der Waals surface area contributed by atoms with Crippen molar-refractivity contribution in [3.63, 3.8) is 0 Å². The van der Waals surface area contributed by atoms with Crippen LogP contribution >= 0.6 is 11.6 Å². The summed E-state index contributed by atoms with van der Waals surface area (Å²) in [5.74, 6) is -0.520. The van der Waals surface area contributed by atoms with Crippen LogP contribution in [-0.2, 0) is 6.18 Å². The maximum absolute atomic E-state index is 12.7. The SMILES string of the molecule is CC(C)CCNC(=O)c1cnc(Cl)nc1C(F)(F)F. The van der Waals surface area contributed by atoms with Crippen molar-refractivity contribution in [2.24, 2.45) is 5.92 Å². The number of carbonyl (C=O) groups excluding carboxylic acids is 1. The van der Waals surface area contributed by atoms with Gasteiger partial charge in [-0.1, -0.05) is 13.8 Å². The number of nitrogens with one attached hydrogen (secondary N) is 1. The summed E-state index contributed by atoms with van der Waals surface area (Å²) >= 11 is 5.32. The molecule has 0 aliphatic carbocycles. The van der Waals surface area contributed by atoms with Crippen LogP contribution in [0.15, 0.2) is 6.20 Å². The normalized spacial score (nSPS) is 11.7. The van der Waals surface area contributed by atoms with Crippen LogP contribution in [0.3, 0.4) is 0 Å². The first-order valence-electron chi connectivity index (χ1n) is 5.59. The first-order valence-corrected chi connectivity index (χ1v) is 5.97. The maximum Gasteiger partial charge on any atom is 0.434 e. The zero-order valence-corrected chi connectivity index (χ0v) is 11.1. The Kier molecular flexibility index (Phi) is 5.11. The second-order valence-electron chi connectivity index (χ2n) is 4.34. The molecule has 1 heterocycles. The Balaban J connectivity index is 2.91. The van der Waals surface area contributed by atoms with E-state index in [4.69, 9.17) is 11.6 Å². The maximum atomic E-state index is 12.7. The van der Waals surface area contributed by atoms with E-state index in [1.807, 2.05) is 13.8 Å². The molecule has 0 bridgehead atoms. The standard InChI is InChI=1S/C11H13ClF3N3O/c1-6(2)3-4-16-9(19)7-5-17-10(12)18-8(7)11(13,14)15/h5-6H,3-4H2,1-2H3,(H,16,19). The summed E-state index contributed by atoms with van der Waals surface area (Å²) in [5, 5.41) is 1.85. The smallest absolute Gasteiger partial charge is 0.352 e. The molecule has 1 amide bonds. The molecule has 0 saturated heterocycles. The number of carbonyl (C=O) groups is 1. The molecule has 0 aromatic carbocycles. The van der Waals surface area contributed by atoms with Crippen molar-refractivity contribution < 1.29 is 18.0 Å². The molecule has 0 radical (unpaired) electrons. The van der Waals surface area contributed by atoms with Crippen LogP contribution < -0.4 is 5.32 Å². The van der Waals surface area contributed by atoms with Crippen molar-refractivity contribution in [3.05, 3.63) is 22.7 Å². The van der Waals surface area contributed by atoms with Gasteiger partial charge in [0.1, 0.15) is 0 Å². The zero-order chi connectivity index (χ0) is 14.6. The molecule has 1 rings (SSSR count). The summed E-state index contributed by atoms with van der Waals surface area (Å²) in [4.78, 5) is 18.2. The van der Waals surface area contributed by atoms with Gasteiger partial charge in [-0.3, -0.25) is 4.79 Å². The number of alkyl halides is 3. The highest BCUT2D eigenvalue weighted by Gasteiger charge is 2.37. The van der Waals surface area contributed by atoms with E-state index in [0.29, 0.717) is 12.3 Å². The molecule has 19 heavy (non-hydrogen) atoms. The van der Waals surface area contributed by atoms with E-state index in [2.05, 4.69) is 15.3 Å². The average Bonchev–Trinajstić information content (AvgIpc) is 2.27. The molecule has 0 atom stereocenters. The third-order valence-electron chi connectivity index (χ3n) is 2.28. The molecular formula is C11H13ClF3N3O. The number of rotatable bonds is 4. The summed E-state index contributed by atoms with van der Waals surface area (Å²) in [6, 6.07) is 0. The van der Waals surface area contributed by atoms with Gasteiger partial charge < -0.3 is 5.32 Å². The van der Waals surface area contributed by atoms with E-state index in [1.165, 1.54) is 0 Å². The number of hydrogen-bond donors (Lipinski definition) is 1. The lowest BCUT2D eigenvalue weighted by atomic mass is 10.1. The topological polar surface area (TPSA) is 54.9 Å². The minimum absolute atomic E-state index is 0.288. The molecule has 0 fully saturated rings. The largest absolute Gasteiger partial charge is 0.434 e. The van der Waals surface area contributed by atoms with Gasteiger partial charge in [0.2, 0.25) is 5.28 Å². The number of amides is 1. The van der Waals surface area contributed by atoms with Crippen molar-refractivity contribution >= 4 is 17.5 Å². The van der Waals surface area contributed by atoms with Crippen molar-refractivity contribution in [1.82, 2.24) is 15.3 Å². The number of hydrogen-bond acceptors (Lipinski definition) is 3. The van der Waals surface area contributed by atoms with Gasteiger partial charge in [-0.2, -0.15) is 13.2 Å². The fraction of sp³-hybridized carbons (Fsp3) is 0.545. The monoisotopic (exact) mass is 295 g/mol. The molecule has 0 unspecified atom stereocenters. The highest BCUT2D eigenvalue weighted by atomic mass is 35.5. The second-order valence-corrected chi connectivity index (χ2v) is 4.68. The van der Waals surface area contributed by atoms with E-state index in [-0.39, 0.29) is 6.54 Å². The Labute approximate surface area is 113 Å². The summed E-state index contributed by atoms with van der Waals surface area (Å²) in [6.07, 6.45) is -3.30. The molecule has 0 spiro atoms.